The molecule has 2 unspecified atom stereocenters. The van der Waals surface area contributed by atoms with E-state index in [1.54, 1.807) is 17.0 Å². The van der Waals surface area contributed by atoms with Gasteiger partial charge < -0.3 is 14.7 Å². The van der Waals surface area contributed by atoms with Gasteiger partial charge in [-0.1, -0.05) is 20.8 Å². The molecule has 0 aromatic heterocycles. The summed E-state index contributed by atoms with van der Waals surface area (Å²) < 4.78 is 18.5. The zero-order valence-corrected chi connectivity index (χ0v) is 14.1. The lowest BCUT2D eigenvalue weighted by molar-refractivity contribution is 0.0364. The molecule has 1 aliphatic rings. The lowest BCUT2D eigenvalue weighted by atomic mass is 9.76. The fourth-order valence-corrected chi connectivity index (χ4v) is 3.22. The van der Waals surface area contributed by atoms with Crippen LogP contribution in [0.3, 0.4) is 0 Å². The summed E-state index contributed by atoms with van der Waals surface area (Å²) in [5, 5.41) is 9.38. The molecule has 2 rings (SSSR count). The second-order valence-corrected chi connectivity index (χ2v) is 7.34. The minimum Gasteiger partial charge on any atom is -0.494 e. The van der Waals surface area contributed by atoms with Crippen LogP contribution in [0.5, 0.6) is 5.75 Å². The van der Waals surface area contributed by atoms with E-state index in [1.807, 2.05) is 0 Å². The van der Waals surface area contributed by atoms with Gasteiger partial charge in [0.1, 0.15) is 11.6 Å². The van der Waals surface area contributed by atoms with Crippen LogP contribution in [0.4, 0.5) is 9.18 Å². The summed E-state index contributed by atoms with van der Waals surface area (Å²) in [6.07, 6.45) is 1.79. The number of ether oxygens (including phenoxy) is 1. The number of benzene rings is 1. The fraction of sp³-hybridized carbons (Fsp3) is 0.611. The molecule has 5 heteroatoms. The lowest BCUT2D eigenvalue weighted by Gasteiger charge is -2.44. The molecule has 4 nitrogen and oxygen atoms in total. The van der Waals surface area contributed by atoms with Crippen molar-refractivity contribution in [3.05, 3.63) is 30.1 Å². The Morgan fingerprint density at radius 1 is 1.35 bits per heavy atom. The Bertz CT molecular complexity index is 524. The zero-order valence-electron chi connectivity index (χ0n) is 14.1. The second-order valence-electron chi connectivity index (χ2n) is 7.34. The van der Waals surface area contributed by atoms with Gasteiger partial charge in [-0.25, -0.2) is 9.18 Å². The average Bonchev–Trinajstić information content (AvgIpc) is 2.48. The van der Waals surface area contributed by atoms with Crippen molar-refractivity contribution in [2.45, 2.75) is 46.1 Å². The summed E-state index contributed by atoms with van der Waals surface area (Å²) in [6, 6.07) is 6.05. The molecule has 1 saturated heterocycles. The molecule has 1 aromatic rings. The Morgan fingerprint density at radius 3 is 2.57 bits per heavy atom. The van der Waals surface area contributed by atoms with E-state index in [0.717, 1.165) is 19.3 Å². The second kappa shape index (κ2) is 7.20. The highest BCUT2D eigenvalue weighted by Gasteiger charge is 2.38. The van der Waals surface area contributed by atoms with E-state index in [-0.39, 0.29) is 17.3 Å². The molecule has 0 saturated carbocycles. The molecule has 2 atom stereocenters. The highest BCUT2D eigenvalue weighted by Crippen LogP contribution is 2.35. The third-order valence-corrected chi connectivity index (χ3v) is 4.56. The van der Waals surface area contributed by atoms with Gasteiger partial charge in [-0.2, -0.15) is 0 Å². The first-order chi connectivity index (χ1) is 10.8. The highest BCUT2D eigenvalue weighted by atomic mass is 19.1. The van der Waals surface area contributed by atoms with Gasteiger partial charge in [0.15, 0.2) is 0 Å². The maximum absolute atomic E-state index is 12.8. The predicted octanol–water partition coefficient (Wildman–Crippen LogP) is 4.40. The van der Waals surface area contributed by atoms with E-state index in [0.29, 0.717) is 24.8 Å². The number of carbonyl (C=O) groups is 1. The summed E-state index contributed by atoms with van der Waals surface area (Å²) in [5.41, 5.74) is -0.0745. The van der Waals surface area contributed by atoms with Crippen molar-refractivity contribution in [1.29, 1.82) is 0 Å². The molecule has 1 N–H and O–H groups in total. The summed E-state index contributed by atoms with van der Waals surface area (Å²) in [6.45, 7) is 7.42. The fourth-order valence-electron chi connectivity index (χ4n) is 3.22. The third kappa shape index (κ3) is 4.85. The van der Waals surface area contributed by atoms with E-state index < -0.39 is 6.09 Å². The number of piperidine rings is 1. The molecule has 1 aromatic carbocycles. The van der Waals surface area contributed by atoms with Crippen LogP contribution in [0.2, 0.25) is 0 Å². The maximum Gasteiger partial charge on any atom is 0.407 e. The number of hydrogen-bond acceptors (Lipinski definition) is 2. The van der Waals surface area contributed by atoms with E-state index in [4.69, 9.17) is 4.74 Å². The topological polar surface area (TPSA) is 49.8 Å². The highest BCUT2D eigenvalue weighted by molar-refractivity contribution is 5.65. The molecule has 0 radical (unpaired) electrons. The van der Waals surface area contributed by atoms with Gasteiger partial charge in [-0.3, -0.25) is 0 Å². The number of likely N-dealkylation sites (tertiary alicyclic amines) is 1. The molecule has 1 fully saturated rings. The van der Waals surface area contributed by atoms with Crippen LogP contribution in [0.1, 0.15) is 40.0 Å². The van der Waals surface area contributed by atoms with Crippen molar-refractivity contribution in [2.24, 2.45) is 11.3 Å². The van der Waals surface area contributed by atoms with Crippen molar-refractivity contribution in [2.75, 3.05) is 13.2 Å². The van der Waals surface area contributed by atoms with Crippen LogP contribution in [-0.4, -0.2) is 35.3 Å². The van der Waals surface area contributed by atoms with Gasteiger partial charge in [0, 0.05) is 12.6 Å². The Kier molecular flexibility index (Phi) is 5.50. The van der Waals surface area contributed by atoms with Crippen molar-refractivity contribution in [3.63, 3.8) is 0 Å². The van der Waals surface area contributed by atoms with Gasteiger partial charge in [0.05, 0.1) is 6.61 Å². The Morgan fingerprint density at radius 2 is 2.00 bits per heavy atom. The van der Waals surface area contributed by atoms with Gasteiger partial charge in [0.25, 0.3) is 0 Å². The molecular weight excluding hydrogens is 297 g/mol. The third-order valence-electron chi connectivity index (χ3n) is 4.56. The van der Waals surface area contributed by atoms with Crippen LogP contribution in [0, 0.1) is 17.2 Å². The number of hydrogen-bond donors (Lipinski definition) is 1. The average molecular weight is 323 g/mol. The van der Waals surface area contributed by atoms with Crippen LogP contribution in [-0.2, 0) is 0 Å². The van der Waals surface area contributed by atoms with Gasteiger partial charge in [-0.05, 0) is 54.9 Å². The SMILES string of the molecule is CC(C)(C)C1CC(CCOc2ccc(F)cc2)CCN1C(=O)O. The molecule has 0 spiro atoms. The number of halogens is 1. The summed E-state index contributed by atoms with van der Waals surface area (Å²) in [5.74, 6) is 0.850. The van der Waals surface area contributed by atoms with Crippen LogP contribution < -0.4 is 4.74 Å². The molecule has 0 bridgehead atoms. The molecule has 23 heavy (non-hydrogen) atoms. The Labute approximate surface area is 137 Å². The van der Waals surface area contributed by atoms with Crippen LogP contribution in [0.15, 0.2) is 24.3 Å². The molecule has 0 aliphatic carbocycles. The lowest BCUT2D eigenvalue weighted by Crippen LogP contribution is -2.51. The minimum absolute atomic E-state index is 0.0320. The van der Waals surface area contributed by atoms with Gasteiger partial charge >= 0.3 is 6.09 Å². The number of rotatable bonds is 4. The van der Waals surface area contributed by atoms with E-state index in [1.165, 1.54) is 12.1 Å². The van der Waals surface area contributed by atoms with Crippen molar-refractivity contribution in [3.8, 4) is 5.75 Å². The number of nitrogens with zero attached hydrogens (tertiary/aromatic N) is 1. The predicted molar refractivity (Wildman–Crippen MR) is 87.2 cm³/mol. The quantitative estimate of drug-likeness (QED) is 0.893. The smallest absolute Gasteiger partial charge is 0.407 e. The van der Waals surface area contributed by atoms with E-state index >= 15 is 0 Å². The molecule has 128 valence electrons. The molecular formula is C18H26FNO3. The summed E-state index contributed by atoms with van der Waals surface area (Å²) in [4.78, 5) is 13.0. The number of carboxylic acid groups (broad SMARTS) is 1. The largest absolute Gasteiger partial charge is 0.494 e. The monoisotopic (exact) mass is 323 g/mol. The van der Waals surface area contributed by atoms with Crippen LogP contribution in [0.25, 0.3) is 0 Å². The van der Waals surface area contributed by atoms with E-state index in [2.05, 4.69) is 20.8 Å². The normalized spacial score (nSPS) is 22.0. The van der Waals surface area contributed by atoms with Crippen LogP contribution >= 0.6 is 0 Å². The van der Waals surface area contributed by atoms with Crippen molar-refractivity contribution >= 4 is 6.09 Å². The first-order valence-electron chi connectivity index (χ1n) is 8.15. The zero-order chi connectivity index (χ0) is 17.0. The van der Waals surface area contributed by atoms with Gasteiger partial charge in [0.2, 0.25) is 0 Å². The summed E-state index contributed by atoms with van der Waals surface area (Å²) >= 11 is 0. The molecule has 1 amide bonds. The van der Waals surface area contributed by atoms with Gasteiger partial charge in [-0.15, -0.1) is 0 Å². The standard InChI is InChI=1S/C18H26FNO3/c1-18(2,3)16-12-13(8-10-20(16)17(21)22)9-11-23-15-6-4-14(19)5-7-15/h4-7,13,16H,8-12H2,1-3H3,(H,21,22). The maximum atomic E-state index is 12.8. The number of amides is 1. The van der Waals surface area contributed by atoms with Crippen molar-refractivity contribution < 1.29 is 19.0 Å². The first kappa shape index (κ1) is 17.6. The van der Waals surface area contributed by atoms with Crippen molar-refractivity contribution in [1.82, 2.24) is 4.90 Å². The molecule has 1 aliphatic heterocycles. The Balaban J connectivity index is 1.87. The molecule has 1 heterocycles. The Hall–Kier alpha value is -1.78. The summed E-state index contributed by atoms with van der Waals surface area (Å²) in [7, 11) is 0. The minimum atomic E-state index is -0.828. The van der Waals surface area contributed by atoms with E-state index in [9.17, 15) is 14.3 Å². The first-order valence-corrected chi connectivity index (χ1v) is 8.15.